The first-order chi connectivity index (χ1) is 7.17. The summed E-state index contributed by atoms with van der Waals surface area (Å²) in [4.78, 5) is 8.25. The molecule has 0 bridgehead atoms. The van der Waals surface area contributed by atoms with Crippen molar-refractivity contribution in [3.63, 3.8) is 0 Å². The predicted octanol–water partition coefficient (Wildman–Crippen LogP) is 0.483. The molecule has 84 valence electrons. The minimum Gasteiger partial charge on any atom is -0.392 e. The number of aromatic nitrogens is 2. The van der Waals surface area contributed by atoms with E-state index in [4.69, 9.17) is 10.2 Å². The van der Waals surface area contributed by atoms with Gasteiger partial charge in [0.25, 0.3) is 0 Å². The van der Waals surface area contributed by atoms with Gasteiger partial charge in [-0.05, 0) is 13.2 Å². The summed E-state index contributed by atoms with van der Waals surface area (Å²) in [5, 5.41) is 21.8. The lowest BCUT2D eigenvalue weighted by atomic mass is 10.3. The summed E-state index contributed by atoms with van der Waals surface area (Å²) in [5.74, 6) is 0.581. The monoisotopic (exact) mass is 229 g/mol. The Morgan fingerprint density at radius 2 is 2.33 bits per heavy atom. The van der Waals surface area contributed by atoms with Gasteiger partial charge in [-0.2, -0.15) is 0 Å². The number of aliphatic hydroxyl groups excluding tert-OH is 2. The van der Waals surface area contributed by atoms with Gasteiger partial charge < -0.3 is 15.5 Å². The molecule has 0 aliphatic carbocycles. The van der Waals surface area contributed by atoms with Crippen molar-refractivity contribution in [3.05, 3.63) is 11.8 Å². The fourth-order valence-electron chi connectivity index (χ4n) is 1.00. The van der Waals surface area contributed by atoms with Gasteiger partial charge in [-0.3, -0.25) is 0 Å². The minimum absolute atomic E-state index is 0.114. The molecule has 1 atom stereocenters. The van der Waals surface area contributed by atoms with Crippen LogP contribution in [0.5, 0.6) is 0 Å². The maximum atomic E-state index is 9.13. The van der Waals surface area contributed by atoms with Crippen LogP contribution in [0.4, 0.5) is 5.82 Å². The minimum atomic E-state index is -0.454. The Kier molecular flexibility index (Phi) is 4.80. The average Bonchev–Trinajstić information content (AvgIpc) is 2.25. The molecule has 6 heteroatoms. The lowest BCUT2D eigenvalue weighted by Crippen LogP contribution is -2.17. The second-order valence-electron chi connectivity index (χ2n) is 3.12. The van der Waals surface area contributed by atoms with E-state index in [-0.39, 0.29) is 6.61 Å². The number of hydrogen-bond acceptors (Lipinski definition) is 6. The van der Waals surface area contributed by atoms with Crippen LogP contribution >= 0.6 is 11.8 Å². The molecule has 0 amide bonds. The van der Waals surface area contributed by atoms with Gasteiger partial charge in [0.2, 0.25) is 0 Å². The van der Waals surface area contributed by atoms with Crippen molar-refractivity contribution in [2.24, 2.45) is 0 Å². The molecule has 0 aliphatic heterocycles. The first-order valence-corrected chi connectivity index (χ1v) is 5.82. The molecule has 0 saturated carbocycles. The maximum Gasteiger partial charge on any atom is 0.189 e. The molecule has 0 aromatic carbocycles. The SMILES string of the molecule is CSc1ncc(CO)c(NC[C@@H](C)O)n1. The van der Waals surface area contributed by atoms with E-state index >= 15 is 0 Å². The van der Waals surface area contributed by atoms with Gasteiger partial charge in [-0.15, -0.1) is 0 Å². The summed E-state index contributed by atoms with van der Waals surface area (Å²) in [7, 11) is 0. The molecular weight excluding hydrogens is 214 g/mol. The largest absolute Gasteiger partial charge is 0.392 e. The number of anilines is 1. The lowest BCUT2D eigenvalue weighted by molar-refractivity contribution is 0.208. The number of rotatable bonds is 5. The molecule has 0 spiro atoms. The molecule has 1 aromatic heterocycles. The molecule has 0 unspecified atom stereocenters. The molecule has 1 aromatic rings. The number of thioether (sulfide) groups is 1. The quantitative estimate of drug-likeness (QED) is 0.503. The lowest BCUT2D eigenvalue weighted by Gasteiger charge is -2.11. The van der Waals surface area contributed by atoms with E-state index in [1.165, 1.54) is 11.8 Å². The van der Waals surface area contributed by atoms with Crippen LogP contribution in [0.1, 0.15) is 12.5 Å². The van der Waals surface area contributed by atoms with Crippen molar-refractivity contribution in [2.75, 3.05) is 18.1 Å². The summed E-state index contributed by atoms with van der Waals surface area (Å²) in [6.07, 6.45) is 3.01. The molecule has 0 saturated heterocycles. The molecule has 5 nitrogen and oxygen atoms in total. The van der Waals surface area contributed by atoms with Crippen molar-refractivity contribution < 1.29 is 10.2 Å². The number of nitrogens with one attached hydrogen (secondary N) is 1. The average molecular weight is 229 g/mol. The van der Waals surface area contributed by atoms with Crippen LogP contribution in [0.2, 0.25) is 0 Å². The van der Waals surface area contributed by atoms with Crippen LogP contribution in [0.15, 0.2) is 11.4 Å². The zero-order valence-corrected chi connectivity index (χ0v) is 9.58. The molecule has 1 rings (SSSR count). The standard InChI is InChI=1S/C9H15N3O2S/c1-6(14)3-10-8-7(5-13)4-11-9(12-8)15-2/h4,6,13-14H,3,5H2,1-2H3,(H,10,11,12)/t6-/m1/s1. The van der Waals surface area contributed by atoms with E-state index in [9.17, 15) is 0 Å². The molecule has 15 heavy (non-hydrogen) atoms. The Bertz CT molecular complexity index is 320. The van der Waals surface area contributed by atoms with E-state index < -0.39 is 6.10 Å². The number of nitrogens with zero attached hydrogens (tertiary/aromatic N) is 2. The first kappa shape index (κ1) is 12.2. The van der Waals surface area contributed by atoms with E-state index in [0.717, 1.165) is 0 Å². The molecule has 0 fully saturated rings. The molecule has 0 aliphatic rings. The first-order valence-electron chi connectivity index (χ1n) is 4.60. The summed E-state index contributed by atoms with van der Waals surface area (Å²) < 4.78 is 0. The van der Waals surface area contributed by atoms with Crippen LogP contribution in [-0.4, -0.2) is 39.1 Å². The van der Waals surface area contributed by atoms with Gasteiger partial charge in [-0.1, -0.05) is 11.8 Å². The Hall–Kier alpha value is -0.850. The Morgan fingerprint density at radius 3 is 2.87 bits per heavy atom. The second kappa shape index (κ2) is 5.89. The zero-order chi connectivity index (χ0) is 11.3. The summed E-state index contributed by atoms with van der Waals surface area (Å²) in [5.41, 5.74) is 0.633. The third-order valence-corrected chi connectivity index (χ3v) is 2.32. The van der Waals surface area contributed by atoms with Crippen LogP contribution in [0.3, 0.4) is 0 Å². The number of aliphatic hydroxyl groups is 2. The summed E-state index contributed by atoms with van der Waals surface area (Å²) in [6, 6.07) is 0. The maximum absolute atomic E-state index is 9.13. The topological polar surface area (TPSA) is 78.3 Å². The smallest absolute Gasteiger partial charge is 0.189 e. The van der Waals surface area contributed by atoms with Gasteiger partial charge in [0, 0.05) is 18.3 Å². The highest BCUT2D eigenvalue weighted by Crippen LogP contribution is 2.16. The molecule has 1 heterocycles. The summed E-state index contributed by atoms with van der Waals surface area (Å²) >= 11 is 1.43. The van der Waals surface area contributed by atoms with Crippen LogP contribution in [0, 0.1) is 0 Å². The van der Waals surface area contributed by atoms with Crippen molar-refractivity contribution in [1.82, 2.24) is 9.97 Å². The Labute approximate surface area is 93.0 Å². The van der Waals surface area contributed by atoms with Crippen molar-refractivity contribution in [1.29, 1.82) is 0 Å². The predicted molar refractivity (Wildman–Crippen MR) is 59.9 cm³/mol. The van der Waals surface area contributed by atoms with E-state index in [1.807, 2.05) is 6.26 Å². The van der Waals surface area contributed by atoms with Gasteiger partial charge >= 0.3 is 0 Å². The molecule has 3 N–H and O–H groups in total. The van der Waals surface area contributed by atoms with Crippen LogP contribution in [-0.2, 0) is 6.61 Å². The van der Waals surface area contributed by atoms with Gasteiger partial charge in [0.15, 0.2) is 5.16 Å². The Balaban J connectivity index is 2.81. The Morgan fingerprint density at radius 1 is 1.60 bits per heavy atom. The van der Waals surface area contributed by atoms with Crippen LogP contribution < -0.4 is 5.32 Å². The molecular formula is C9H15N3O2S. The third-order valence-electron chi connectivity index (χ3n) is 1.76. The van der Waals surface area contributed by atoms with E-state index in [0.29, 0.717) is 23.1 Å². The van der Waals surface area contributed by atoms with Crippen molar-refractivity contribution in [2.45, 2.75) is 24.8 Å². The third kappa shape index (κ3) is 3.65. The van der Waals surface area contributed by atoms with E-state index in [1.54, 1.807) is 13.1 Å². The van der Waals surface area contributed by atoms with Gasteiger partial charge in [0.05, 0.1) is 12.7 Å². The zero-order valence-electron chi connectivity index (χ0n) is 8.77. The molecule has 0 radical (unpaired) electrons. The fraction of sp³-hybridized carbons (Fsp3) is 0.556. The summed E-state index contributed by atoms with van der Waals surface area (Å²) in [6.45, 7) is 1.97. The van der Waals surface area contributed by atoms with Crippen molar-refractivity contribution in [3.8, 4) is 0 Å². The van der Waals surface area contributed by atoms with E-state index in [2.05, 4.69) is 15.3 Å². The van der Waals surface area contributed by atoms with Crippen molar-refractivity contribution >= 4 is 17.6 Å². The van der Waals surface area contributed by atoms with Gasteiger partial charge in [0.1, 0.15) is 5.82 Å². The normalized spacial score (nSPS) is 12.5. The fourth-order valence-corrected chi connectivity index (χ4v) is 1.34. The van der Waals surface area contributed by atoms with Gasteiger partial charge in [-0.25, -0.2) is 9.97 Å². The highest BCUT2D eigenvalue weighted by molar-refractivity contribution is 7.98. The second-order valence-corrected chi connectivity index (χ2v) is 3.89. The highest BCUT2D eigenvalue weighted by atomic mass is 32.2. The van der Waals surface area contributed by atoms with Crippen LogP contribution in [0.25, 0.3) is 0 Å². The highest BCUT2D eigenvalue weighted by Gasteiger charge is 2.06. The number of hydrogen-bond donors (Lipinski definition) is 3.